The fourth-order valence-electron chi connectivity index (χ4n) is 2.94. The Morgan fingerprint density at radius 2 is 2.13 bits per heavy atom. The number of carbonyl (C=O) groups is 1. The van der Waals surface area contributed by atoms with Gasteiger partial charge < -0.3 is 15.2 Å². The summed E-state index contributed by atoms with van der Waals surface area (Å²) in [4.78, 5) is 24.2. The normalized spacial score (nSPS) is 18.0. The average molecular weight is 455 g/mol. The van der Waals surface area contributed by atoms with Crippen LogP contribution in [0.4, 0.5) is 13.2 Å². The molecule has 31 heavy (non-hydrogen) atoms. The Balaban J connectivity index is 0.00000341. The number of hydrogen-bond acceptors (Lipinski definition) is 7. The highest BCUT2D eigenvalue weighted by Crippen LogP contribution is 2.37. The third-order valence-electron chi connectivity index (χ3n) is 4.36. The number of amidine groups is 1. The van der Waals surface area contributed by atoms with Gasteiger partial charge in [0.2, 0.25) is 5.88 Å². The lowest BCUT2D eigenvalue weighted by molar-refractivity contribution is -0.0146. The maximum atomic E-state index is 14.5. The topological polar surface area (TPSA) is 99.7 Å². The smallest absolute Gasteiger partial charge is 0.269 e. The van der Waals surface area contributed by atoms with Gasteiger partial charge in [0.05, 0.1) is 19.0 Å². The second-order valence-corrected chi connectivity index (χ2v) is 6.47. The molecule has 0 radical (unpaired) electrons. The van der Waals surface area contributed by atoms with Crippen molar-refractivity contribution in [1.82, 2.24) is 9.97 Å². The Hall–Kier alpha value is -3.16. The fraction of sp³-hybridized carbons (Fsp3) is 0.300. The molecule has 1 aromatic heterocycles. The van der Waals surface area contributed by atoms with Crippen LogP contribution < -0.4 is 10.5 Å². The van der Waals surface area contributed by atoms with Crippen LogP contribution in [0, 0.1) is 18.2 Å². The molecule has 0 saturated carbocycles. The molecule has 1 aliphatic heterocycles. The number of ketones is 1. The Bertz CT molecular complexity index is 1010. The van der Waals surface area contributed by atoms with Gasteiger partial charge in [0.15, 0.2) is 17.9 Å². The predicted molar refractivity (Wildman–Crippen MR) is 108 cm³/mol. The summed E-state index contributed by atoms with van der Waals surface area (Å²) in [5, 5.41) is 0. The van der Waals surface area contributed by atoms with Crippen LogP contribution in [0.3, 0.4) is 0 Å². The van der Waals surface area contributed by atoms with E-state index in [2.05, 4.69) is 20.9 Å². The molecule has 0 amide bonds. The molecule has 3 rings (SSSR count). The summed E-state index contributed by atoms with van der Waals surface area (Å²) in [6.45, 7) is -0.652. The Labute approximate surface area is 182 Å². The molecule has 0 saturated heterocycles. The number of halogens is 4. The summed E-state index contributed by atoms with van der Waals surface area (Å²) in [5.74, 6) is 0.914. The zero-order valence-corrected chi connectivity index (χ0v) is 16.9. The lowest BCUT2D eigenvalue weighted by Gasteiger charge is -2.33. The summed E-state index contributed by atoms with van der Waals surface area (Å²) in [5.41, 5.74) is 3.21. The second-order valence-electron chi connectivity index (χ2n) is 6.47. The first kappa shape index (κ1) is 24.1. The number of aliphatic imine (C=N–C) groups is 1. The minimum Gasteiger partial charge on any atom is -0.463 e. The number of nitrogens with two attached hydrogens (primary N) is 1. The highest BCUT2D eigenvalue weighted by atomic mass is 35.5. The summed E-state index contributed by atoms with van der Waals surface area (Å²) in [6, 6.07) is 3.50. The number of nitrogens with zero attached hydrogens (tertiary/aromatic N) is 3. The van der Waals surface area contributed by atoms with Crippen LogP contribution in [-0.4, -0.2) is 47.8 Å². The number of carbonyl (C=O) groups excluding carboxylic acids is 1. The minimum absolute atomic E-state index is 0. The summed E-state index contributed by atoms with van der Waals surface area (Å²) < 4.78 is 52.4. The molecule has 0 spiro atoms. The Morgan fingerprint density at radius 1 is 1.35 bits per heavy atom. The average Bonchev–Trinajstić information content (AvgIpc) is 2.73. The molecule has 2 heterocycles. The molecule has 1 aliphatic rings. The van der Waals surface area contributed by atoms with Gasteiger partial charge in [-0.2, -0.15) is 0 Å². The number of Topliss-reactive ketones (excluding diaryl/α,β-unsaturated/α-hetero) is 1. The van der Waals surface area contributed by atoms with Gasteiger partial charge in [0.25, 0.3) is 6.43 Å². The van der Waals surface area contributed by atoms with Crippen molar-refractivity contribution in [2.45, 2.75) is 18.4 Å². The van der Waals surface area contributed by atoms with Gasteiger partial charge in [-0.3, -0.25) is 9.79 Å². The number of rotatable bonds is 7. The molecule has 0 aliphatic carbocycles. The molecule has 164 valence electrons. The first-order valence-electron chi connectivity index (χ1n) is 8.76. The molecular weight excluding hydrogens is 437 g/mol. The second kappa shape index (κ2) is 10.2. The van der Waals surface area contributed by atoms with Crippen LogP contribution in [0.25, 0.3) is 0 Å². The van der Waals surface area contributed by atoms with Gasteiger partial charge in [0, 0.05) is 12.0 Å². The first-order valence-corrected chi connectivity index (χ1v) is 8.76. The SMILES string of the molecule is C#CCOc1cnc(C(=O)Cc2ccc(F)c([C@]3(C(F)F)COCC(N)=N3)c2)cn1.Cl. The number of alkyl halides is 2. The highest BCUT2D eigenvalue weighted by Gasteiger charge is 2.46. The molecule has 2 aromatic rings. The first-order chi connectivity index (χ1) is 14.4. The van der Waals surface area contributed by atoms with E-state index >= 15 is 0 Å². The number of hydrogen-bond donors (Lipinski definition) is 1. The van der Waals surface area contributed by atoms with Crippen LogP contribution in [0.1, 0.15) is 21.6 Å². The van der Waals surface area contributed by atoms with E-state index in [0.717, 1.165) is 6.07 Å². The molecule has 11 heteroatoms. The molecule has 0 fully saturated rings. The van der Waals surface area contributed by atoms with Crippen molar-refractivity contribution >= 4 is 24.0 Å². The van der Waals surface area contributed by atoms with Gasteiger partial charge in [-0.25, -0.2) is 23.1 Å². The number of ether oxygens (including phenoxy) is 2. The van der Waals surface area contributed by atoms with E-state index in [1.54, 1.807) is 0 Å². The van der Waals surface area contributed by atoms with E-state index < -0.39 is 35.7 Å². The van der Waals surface area contributed by atoms with Crippen molar-refractivity contribution < 1.29 is 27.4 Å². The van der Waals surface area contributed by atoms with Gasteiger partial charge in [0.1, 0.15) is 24.0 Å². The van der Waals surface area contributed by atoms with Crippen LogP contribution in [-0.2, 0) is 16.7 Å². The standard InChI is InChI=1S/C20H17F3N4O3.ClH/c1-2-5-30-18-9-25-15(8-26-18)16(28)7-12-3-4-14(21)13(6-12)20(19(22)23)11-29-10-17(24)27-20;/h1,3-4,6,8-9,19H,5,7,10-11H2,(H2,24,27);1H/t20-;/m0./s1. The fourth-order valence-corrected chi connectivity index (χ4v) is 2.94. The minimum atomic E-state index is -3.07. The summed E-state index contributed by atoms with van der Waals surface area (Å²) in [6.07, 6.45) is 4.24. The Kier molecular flexibility index (Phi) is 7.96. The number of terminal acetylenes is 1. The van der Waals surface area contributed by atoms with Crippen LogP contribution in [0.5, 0.6) is 5.88 Å². The molecule has 7 nitrogen and oxygen atoms in total. The van der Waals surface area contributed by atoms with Crippen molar-refractivity contribution in [3.05, 3.63) is 53.2 Å². The van der Waals surface area contributed by atoms with Crippen molar-refractivity contribution in [2.24, 2.45) is 10.7 Å². The third-order valence-corrected chi connectivity index (χ3v) is 4.36. The highest BCUT2D eigenvalue weighted by molar-refractivity contribution is 5.95. The molecule has 0 unspecified atom stereocenters. The van der Waals surface area contributed by atoms with Crippen LogP contribution in [0.15, 0.2) is 35.6 Å². The number of benzene rings is 1. The van der Waals surface area contributed by atoms with Crippen LogP contribution in [0.2, 0.25) is 0 Å². The van der Waals surface area contributed by atoms with E-state index in [0.29, 0.717) is 5.56 Å². The van der Waals surface area contributed by atoms with Gasteiger partial charge in [-0.05, 0) is 17.7 Å². The van der Waals surface area contributed by atoms with E-state index in [9.17, 15) is 18.0 Å². The van der Waals surface area contributed by atoms with Crippen LogP contribution >= 0.6 is 12.4 Å². The zero-order valence-electron chi connectivity index (χ0n) is 16.1. The van der Waals surface area contributed by atoms with Crippen molar-refractivity contribution in [2.75, 3.05) is 19.8 Å². The number of aromatic nitrogens is 2. The third kappa shape index (κ3) is 5.31. The van der Waals surface area contributed by atoms with Crippen molar-refractivity contribution in [3.63, 3.8) is 0 Å². The molecule has 2 N–H and O–H groups in total. The van der Waals surface area contributed by atoms with Crippen molar-refractivity contribution in [3.8, 4) is 18.2 Å². The van der Waals surface area contributed by atoms with E-state index in [1.165, 1.54) is 24.5 Å². The van der Waals surface area contributed by atoms with E-state index in [1.807, 2.05) is 0 Å². The summed E-state index contributed by atoms with van der Waals surface area (Å²) >= 11 is 0. The van der Waals surface area contributed by atoms with Crippen molar-refractivity contribution in [1.29, 1.82) is 0 Å². The zero-order chi connectivity index (χ0) is 21.7. The van der Waals surface area contributed by atoms with Gasteiger partial charge in [-0.15, -0.1) is 18.8 Å². The summed E-state index contributed by atoms with van der Waals surface area (Å²) in [7, 11) is 0. The van der Waals surface area contributed by atoms with Gasteiger partial charge >= 0.3 is 0 Å². The van der Waals surface area contributed by atoms with Gasteiger partial charge in [-0.1, -0.05) is 12.0 Å². The molecular formula is C20H18ClF3N4O3. The molecule has 1 aromatic carbocycles. The lowest BCUT2D eigenvalue weighted by atomic mass is 9.88. The maximum Gasteiger partial charge on any atom is 0.269 e. The molecule has 0 bridgehead atoms. The monoisotopic (exact) mass is 454 g/mol. The Morgan fingerprint density at radius 3 is 2.74 bits per heavy atom. The predicted octanol–water partition coefficient (Wildman–Crippen LogP) is 2.32. The largest absolute Gasteiger partial charge is 0.463 e. The van der Waals surface area contributed by atoms with E-state index in [4.69, 9.17) is 21.6 Å². The lowest BCUT2D eigenvalue weighted by Crippen LogP contribution is -2.45. The maximum absolute atomic E-state index is 14.5. The quantitative estimate of drug-likeness (QED) is 0.509. The van der Waals surface area contributed by atoms with E-state index in [-0.39, 0.29) is 49.5 Å². The molecule has 1 atom stereocenters.